The summed E-state index contributed by atoms with van der Waals surface area (Å²) in [6, 6.07) is 0. The number of rotatable bonds is 0. The van der Waals surface area contributed by atoms with Gasteiger partial charge in [-0.25, -0.2) is 0 Å². The van der Waals surface area contributed by atoms with Crippen LogP contribution in [0.15, 0.2) is 36.0 Å². The fraction of sp³-hybridized carbons (Fsp3) is 0.684. The van der Waals surface area contributed by atoms with E-state index in [0.29, 0.717) is 17.8 Å². The van der Waals surface area contributed by atoms with Crippen LogP contribution in [0.1, 0.15) is 39.5 Å². The summed E-state index contributed by atoms with van der Waals surface area (Å²) in [6.07, 6.45) is 14.7. The Morgan fingerprint density at radius 1 is 1.05 bits per heavy atom. The Morgan fingerprint density at radius 3 is 2.67 bits per heavy atom. The van der Waals surface area contributed by atoms with Crippen molar-refractivity contribution in [1.82, 2.24) is 0 Å². The smallest absolute Gasteiger partial charge is 0.0908 e. The molecule has 7 atom stereocenters. The first-order chi connectivity index (χ1) is 9.95. The molecule has 21 heavy (non-hydrogen) atoms. The highest BCUT2D eigenvalue weighted by atomic mass is 16.3. The number of aliphatic hydroxyl groups excluding tert-OH is 2. The summed E-state index contributed by atoms with van der Waals surface area (Å²) in [4.78, 5) is 0. The van der Waals surface area contributed by atoms with Crippen LogP contribution < -0.4 is 0 Å². The zero-order valence-corrected chi connectivity index (χ0v) is 13.0. The molecule has 2 nitrogen and oxygen atoms in total. The lowest BCUT2D eigenvalue weighted by Gasteiger charge is -2.54. The standard InChI is InChI=1S/C19H26O2/c1-18-9-7-13(20)11-12(18)3-4-14-15-5-6-17(21)19(15,2)10-8-16(14)18/h3-4,7,9,11,13-17,20-21H,5-6,8,10H2,1-2H3/t13?,14-,15-,16+,17?,18-,19-/m0/s1. The minimum Gasteiger partial charge on any atom is -0.393 e. The third-order valence-corrected chi connectivity index (χ3v) is 7.16. The second-order valence-corrected chi connectivity index (χ2v) is 8.04. The molecular weight excluding hydrogens is 260 g/mol. The fourth-order valence-corrected chi connectivity index (χ4v) is 5.74. The largest absolute Gasteiger partial charge is 0.393 e. The molecule has 0 bridgehead atoms. The highest BCUT2D eigenvalue weighted by Gasteiger charge is 2.57. The summed E-state index contributed by atoms with van der Waals surface area (Å²) in [6.45, 7) is 4.63. The molecule has 2 heteroatoms. The molecule has 0 heterocycles. The topological polar surface area (TPSA) is 40.5 Å². The van der Waals surface area contributed by atoms with Gasteiger partial charge in [0.25, 0.3) is 0 Å². The molecule has 0 amide bonds. The minimum absolute atomic E-state index is 0.0630. The molecule has 0 aromatic carbocycles. The van der Waals surface area contributed by atoms with Gasteiger partial charge in [0.2, 0.25) is 0 Å². The Kier molecular flexibility index (Phi) is 2.84. The molecule has 0 spiro atoms. The Morgan fingerprint density at radius 2 is 1.86 bits per heavy atom. The SMILES string of the molecule is C[C@]12C=CC(O)C=C1C=C[C@@H]1[C@H]2CC[C@]2(C)C(O)CC[C@@H]12. The van der Waals surface area contributed by atoms with Crippen LogP contribution in [0.4, 0.5) is 0 Å². The second kappa shape index (κ2) is 4.33. The number of hydrogen-bond acceptors (Lipinski definition) is 2. The van der Waals surface area contributed by atoms with Crippen LogP contribution in [0.25, 0.3) is 0 Å². The molecule has 0 saturated heterocycles. The van der Waals surface area contributed by atoms with Crippen molar-refractivity contribution in [2.24, 2.45) is 28.6 Å². The Bertz CT molecular complexity index is 546. The van der Waals surface area contributed by atoms with Crippen molar-refractivity contribution < 1.29 is 10.2 Å². The fourth-order valence-electron chi connectivity index (χ4n) is 5.74. The van der Waals surface area contributed by atoms with E-state index in [4.69, 9.17) is 0 Å². The van der Waals surface area contributed by atoms with Crippen molar-refractivity contribution in [3.05, 3.63) is 36.0 Å². The zero-order chi connectivity index (χ0) is 14.8. The van der Waals surface area contributed by atoms with Crippen molar-refractivity contribution in [1.29, 1.82) is 0 Å². The summed E-state index contributed by atoms with van der Waals surface area (Å²) in [5.41, 5.74) is 1.45. The van der Waals surface area contributed by atoms with E-state index >= 15 is 0 Å². The van der Waals surface area contributed by atoms with Crippen LogP contribution in [0, 0.1) is 28.6 Å². The van der Waals surface area contributed by atoms with E-state index in [0.717, 1.165) is 19.3 Å². The van der Waals surface area contributed by atoms with Gasteiger partial charge in [-0.2, -0.15) is 0 Å². The van der Waals surface area contributed by atoms with Crippen molar-refractivity contribution >= 4 is 0 Å². The third kappa shape index (κ3) is 1.72. The van der Waals surface area contributed by atoms with Gasteiger partial charge in [-0.1, -0.05) is 38.2 Å². The third-order valence-electron chi connectivity index (χ3n) is 7.16. The molecule has 4 rings (SSSR count). The Hall–Kier alpha value is -0.860. The van der Waals surface area contributed by atoms with Gasteiger partial charge in [-0.3, -0.25) is 0 Å². The molecule has 0 aromatic heterocycles. The molecule has 4 aliphatic carbocycles. The van der Waals surface area contributed by atoms with Crippen LogP contribution in [-0.4, -0.2) is 22.4 Å². The summed E-state index contributed by atoms with van der Waals surface area (Å²) in [5, 5.41) is 20.3. The summed E-state index contributed by atoms with van der Waals surface area (Å²) in [5.74, 6) is 1.80. The number of aliphatic hydroxyl groups is 2. The van der Waals surface area contributed by atoms with Crippen LogP contribution >= 0.6 is 0 Å². The first-order valence-corrected chi connectivity index (χ1v) is 8.41. The molecule has 0 radical (unpaired) electrons. The van der Waals surface area contributed by atoms with Gasteiger partial charge in [-0.15, -0.1) is 0 Å². The highest BCUT2D eigenvalue weighted by molar-refractivity contribution is 5.42. The molecule has 2 fully saturated rings. The molecular formula is C19H26O2. The van der Waals surface area contributed by atoms with Gasteiger partial charge in [0, 0.05) is 5.41 Å². The van der Waals surface area contributed by atoms with E-state index in [-0.39, 0.29) is 16.9 Å². The van der Waals surface area contributed by atoms with Crippen LogP contribution in [0.2, 0.25) is 0 Å². The zero-order valence-electron chi connectivity index (χ0n) is 13.0. The molecule has 0 aromatic rings. The normalized spacial score (nSPS) is 54.7. The van der Waals surface area contributed by atoms with E-state index in [1.54, 1.807) is 0 Å². The van der Waals surface area contributed by atoms with Crippen molar-refractivity contribution in [3.8, 4) is 0 Å². The molecule has 114 valence electrons. The summed E-state index contributed by atoms with van der Waals surface area (Å²) in [7, 11) is 0. The van der Waals surface area contributed by atoms with Crippen molar-refractivity contribution in [2.75, 3.05) is 0 Å². The van der Waals surface area contributed by atoms with Crippen LogP contribution in [0.5, 0.6) is 0 Å². The molecule has 4 aliphatic rings. The maximum Gasteiger partial charge on any atom is 0.0908 e. The van der Waals surface area contributed by atoms with Gasteiger partial charge in [0.1, 0.15) is 0 Å². The molecule has 2 saturated carbocycles. The first kappa shape index (κ1) is 13.8. The van der Waals surface area contributed by atoms with Crippen molar-refractivity contribution in [2.45, 2.75) is 51.7 Å². The Balaban J connectivity index is 1.75. The maximum absolute atomic E-state index is 10.4. The highest BCUT2D eigenvalue weighted by Crippen LogP contribution is 2.62. The van der Waals surface area contributed by atoms with Crippen LogP contribution in [-0.2, 0) is 0 Å². The van der Waals surface area contributed by atoms with Crippen molar-refractivity contribution in [3.63, 3.8) is 0 Å². The van der Waals surface area contributed by atoms with Gasteiger partial charge in [-0.05, 0) is 60.5 Å². The van der Waals surface area contributed by atoms with Gasteiger partial charge in [0.05, 0.1) is 12.2 Å². The predicted molar refractivity (Wildman–Crippen MR) is 83.5 cm³/mol. The monoisotopic (exact) mass is 286 g/mol. The van der Waals surface area contributed by atoms with Crippen LogP contribution in [0.3, 0.4) is 0 Å². The summed E-state index contributed by atoms with van der Waals surface area (Å²) >= 11 is 0. The molecule has 2 N–H and O–H groups in total. The number of hydrogen-bond donors (Lipinski definition) is 2. The Labute approximate surface area is 127 Å². The van der Waals surface area contributed by atoms with E-state index in [1.807, 2.05) is 12.2 Å². The maximum atomic E-state index is 10.4. The lowest BCUT2D eigenvalue weighted by molar-refractivity contribution is -0.0379. The second-order valence-electron chi connectivity index (χ2n) is 8.04. The minimum atomic E-state index is -0.434. The van der Waals surface area contributed by atoms with Gasteiger partial charge in [0.15, 0.2) is 0 Å². The lowest BCUT2D eigenvalue weighted by atomic mass is 9.50. The average molecular weight is 286 g/mol. The van der Waals surface area contributed by atoms with E-state index in [9.17, 15) is 10.2 Å². The van der Waals surface area contributed by atoms with E-state index in [2.05, 4.69) is 32.1 Å². The quantitative estimate of drug-likeness (QED) is 0.671. The molecule has 2 unspecified atom stereocenters. The average Bonchev–Trinajstić information content (AvgIpc) is 2.76. The number of fused-ring (bicyclic) bond motifs is 5. The van der Waals surface area contributed by atoms with E-state index in [1.165, 1.54) is 12.0 Å². The predicted octanol–water partition coefficient (Wildman–Crippen LogP) is 3.22. The summed E-state index contributed by atoms with van der Waals surface area (Å²) < 4.78 is 0. The lowest BCUT2D eigenvalue weighted by Crippen LogP contribution is -2.49. The number of allylic oxidation sites excluding steroid dienone is 4. The van der Waals surface area contributed by atoms with Gasteiger partial charge < -0.3 is 10.2 Å². The van der Waals surface area contributed by atoms with Gasteiger partial charge >= 0.3 is 0 Å². The first-order valence-electron chi connectivity index (χ1n) is 8.41. The molecule has 0 aliphatic heterocycles. The van der Waals surface area contributed by atoms with E-state index < -0.39 is 6.10 Å².